The zero-order valence-electron chi connectivity index (χ0n) is 26.3. The quantitative estimate of drug-likeness (QED) is 0.178. The molecule has 0 amide bonds. The van der Waals surface area contributed by atoms with Gasteiger partial charge in [0.25, 0.3) is 0 Å². The average Bonchev–Trinajstić information content (AvgIpc) is 3.61. The molecule has 47 heavy (non-hydrogen) atoms. The van der Waals surface area contributed by atoms with E-state index in [0.29, 0.717) is 0 Å². The minimum absolute atomic E-state index is 0.0894. The van der Waals surface area contributed by atoms with Crippen LogP contribution in [0.1, 0.15) is 25.0 Å². The topological polar surface area (TPSA) is 3.24 Å². The Bertz CT molecular complexity index is 2720. The highest BCUT2D eigenvalue weighted by atomic mass is 32.1. The van der Waals surface area contributed by atoms with Gasteiger partial charge in [-0.1, -0.05) is 123 Å². The van der Waals surface area contributed by atoms with Gasteiger partial charge in [0.2, 0.25) is 0 Å². The van der Waals surface area contributed by atoms with E-state index in [4.69, 9.17) is 0 Å². The highest BCUT2D eigenvalue weighted by Crippen LogP contribution is 2.53. The van der Waals surface area contributed by atoms with Crippen molar-refractivity contribution in [3.63, 3.8) is 0 Å². The Hall–Kier alpha value is -5.44. The Morgan fingerprint density at radius 2 is 1.17 bits per heavy atom. The lowest BCUT2D eigenvalue weighted by Crippen LogP contribution is -2.15. The molecule has 222 valence electrons. The Kier molecular flexibility index (Phi) is 5.57. The Morgan fingerprint density at radius 3 is 2.04 bits per heavy atom. The van der Waals surface area contributed by atoms with Crippen LogP contribution in [0.2, 0.25) is 0 Å². The first kappa shape index (κ1) is 26.7. The number of hydrogen-bond donors (Lipinski definition) is 0. The minimum atomic E-state index is -0.0894. The molecule has 0 saturated heterocycles. The average molecular weight is 618 g/mol. The molecule has 0 N–H and O–H groups in total. The summed E-state index contributed by atoms with van der Waals surface area (Å²) in [4.78, 5) is 2.44. The molecule has 8 aromatic carbocycles. The molecule has 1 nitrogen and oxygen atoms in total. The predicted molar refractivity (Wildman–Crippen MR) is 204 cm³/mol. The van der Waals surface area contributed by atoms with E-state index in [0.717, 1.165) is 11.4 Å². The van der Waals surface area contributed by atoms with Crippen LogP contribution < -0.4 is 4.90 Å². The van der Waals surface area contributed by atoms with Gasteiger partial charge < -0.3 is 4.90 Å². The zero-order chi connectivity index (χ0) is 31.3. The fourth-order valence-corrected chi connectivity index (χ4v) is 9.44. The van der Waals surface area contributed by atoms with Crippen LogP contribution in [0.15, 0.2) is 152 Å². The van der Waals surface area contributed by atoms with Crippen molar-refractivity contribution >= 4 is 80.9 Å². The summed E-state index contributed by atoms with van der Waals surface area (Å²) < 4.78 is 2.62. The lowest BCUT2D eigenvalue weighted by Gasteiger charge is -2.27. The van der Waals surface area contributed by atoms with E-state index in [1.54, 1.807) is 0 Å². The summed E-state index contributed by atoms with van der Waals surface area (Å²) in [6, 6.07) is 56.2. The van der Waals surface area contributed by atoms with Crippen molar-refractivity contribution in [3.8, 4) is 11.1 Å². The second kappa shape index (κ2) is 9.78. The summed E-state index contributed by atoms with van der Waals surface area (Å²) in [5.74, 6) is 0. The minimum Gasteiger partial charge on any atom is -0.310 e. The first-order valence-corrected chi connectivity index (χ1v) is 17.2. The fourth-order valence-electron chi connectivity index (χ4n) is 8.32. The highest BCUT2D eigenvalue weighted by molar-refractivity contribution is 7.26. The van der Waals surface area contributed by atoms with Gasteiger partial charge in [-0.2, -0.15) is 0 Å². The molecule has 0 bridgehead atoms. The van der Waals surface area contributed by atoms with Crippen molar-refractivity contribution in [1.29, 1.82) is 0 Å². The van der Waals surface area contributed by atoms with Crippen LogP contribution in [-0.2, 0) is 5.41 Å². The second-order valence-electron chi connectivity index (χ2n) is 13.3. The van der Waals surface area contributed by atoms with Crippen molar-refractivity contribution < 1.29 is 0 Å². The molecule has 0 fully saturated rings. The van der Waals surface area contributed by atoms with Crippen LogP contribution in [0.3, 0.4) is 0 Å². The number of nitrogens with zero attached hydrogens (tertiary/aromatic N) is 1. The number of para-hydroxylation sites is 1. The van der Waals surface area contributed by atoms with Gasteiger partial charge in [0.05, 0.1) is 5.69 Å². The van der Waals surface area contributed by atoms with E-state index in [1.807, 2.05) is 11.3 Å². The molecule has 0 radical (unpaired) electrons. The summed E-state index contributed by atoms with van der Waals surface area (Å²) >= 11 is 1.87. The number of rotatable bonds is 3. The first-order valence-electron chi connectivity index (χ1n) is 16.4. The van der Waals surface area contributed by atoms with E-state index in [9.17, 15) is 0 Å². The summed E-state index contributed by atoms with van der Waals surface area (Å²) in [6.07, 6.45) is 0. The van der Waals surface area contributed by atoms with Gasteiger partial charge in [-0.25, -0.2) is 0 Å². The predicted octanol–water partition coefficient (Wildman–Crippen LogP) is 13.3. The van der Waals surface area contributed by atoms with E-state index in [1.165, 1.54) is 80.4 Å². The van der Waals surface area contributed by atoms with Gasteiger partial charge in [-0.05, 0) is 97.0 Å². The van der Waals surface area contributed by atoms with Crippen LogP contribution >= 0.6 is 11.3 Å². The van der Waals surface area contributed by atoms with Crippen LogP contribution in [0, 0.1) is 0 Å². The molecule has 0 spiro atoms. The van der Waals surface area contributed by atoms with E-state index in [2.05, 4.69) is 170 Å². The SMILES string of the molecule is CC1(C)c2ccccc2-c2ccc3ccc4ccc5cc(N(c6ccccc6)c6cccc7sc8ccccc8c67)ccc5c4c3c21. The molecule has 0 atom stereocenters. The molecule has 10 rings (SSSR count). The summed E-state index contributed by atoms with van der Waals surface area (Å²) in [6.45, 7) is 4.79. The lowest BCUT2D eigenvalue weighted by molar-refractivity contribution is 0.666. The number of fused-ring (bicyclic) bond motifs is 12. The van der Waals surface area contributed by atoms with Crippen molar-refractivity contribution in [3.05, 3.63) is 163 Å². The molecule has 0 saturated carbocycles. The van der Waals surface area contributed by atoms with Crippen LogP contribution in [0.5, 0.6) is 0 Å². The molecule has 1 aliphatic rings. The van der Waals surface area contributed by atoms with E-state index < -0.39 is 0 Å². The van der Waals surface area contributed by atoms with Gasteiger partial charge in [0.1, 0.15) is 0 Å². The third-order valence-electron chi connectivity index (χ3n) is 10.4. The summed E-state index contributed by atoms with van der Waals surface area (Å²) in [5, 5.41) is 10.5. The Morgan fingerprint density at radius 1 is 0.468 bits per heavy atom. The molecule has 9 aromatic rings. The summed E-state index contributed by atoms with van der Waals surface area (Å²) in [7, 11) is 0. The summed E-state index contributed by atoms with van der Waals surface area (Å²) in [5.41, 5.74) is 9.01. The Balaban J connectivity index is 1.25. The monoisotopic (exact) mass is 617 g/mol. The molecule has 0 unspecified atom stereocenters. The van der Waals surface area contributed by atoms with Crippen molar-refractivity contribution in [2.24, 2.45) is 0 Å². The smallest absolute Gasteiger partial charge is 0.0554 e. The molecular weight excluding hydrogens is 587 g/mol. The van der Waals surface area contributed by atoms with Crippen LogP contribution in [-0.4, -0.2) is 0 Å². The molecule has 2 heteroatoms. The van der Waals surface area contributed by atoms with Crippen molar-refractivity contribution in [1.82, 2.24) is 0 Å². The standard InChI is InChI=1S/C45H31NS/c1-45(2)37-15-8-6-13-34(37)35-25-23-29-20-19-28-21-22-30-27-32(24-26-33(30)41(28)42(29)44(35)45)46(31-11-4-3-5-12-31)38-16-10-18-40-43(38)36-14-7-9-17-39(36)47-40/h3-27H,1-2H3. The molecular formula is C45H31NS. The molecule has 1 aromatic heterocycles. The van der Waals surface area contributed by atoms with E-state index in [-0.39, 0.29) is 5.41 Å². The zero-order valence-corrected chi connectivity index (χ0v) is 27.1. The number of thiophene rings is 1. The third kappa shape index (κ3) is 3.77. The molecule has 0 aliphatic heterocycles. The van der Waals surface area contributed by atoms with Gasteiger partial charge in [-0.3, -0.25) is 0 Å². The van der Waals surface area contributed by atoms with Gasteiger partial charge in [-0.15, -0.1) is 11.3 Å². The molecule has 1 aliphatic carbocycles. The van der Waals surface area contributed by atoms with E-state index >= 15 is 0 Å². The maximum absolute atomic E-state index is 2.44. The van der Waals surface area contributed by atoms with Gasteiger partial charge >= 0.3 is 0 Å². The second-order valence-corrected chi connectivity index (χ2v) is 14.4. The lowest BCUT2D eigenvalue weighted by atomic mass is 9.79. The van der Waals surface area contributed by atoms with Crippen LogP contribution in [0.25, 0.3) is 63.6 Å². The number of benzene rings is 8. The fraction of sp³-hybridized carbons (Fsp3) is 0.0667. The maximum Gasteiger partial charge on any atom is 0.0554 e. The largest absolute Gasteiger partial charge is 0.310 e. The highest BCUT2D eigenvalue weighted by Gasteiger charge is 2.37. The Labute approximate surface area is 278 Å². The van der Waals surface area contributed by atoms with Gasteiger partial charge in [0, 0.05) is 37.0 Å². The normalized spacial score (nSPS) is 13.5. The van der Waals surface area contributed by atoms with Crippen LogP contribution in [0.4, 0.5) is 17.1 Å². The van der Waals surface area contributed by atoms with Crippen molar-refractivity contribution in [2.45, 2.75) is 19.3 Å². The molecule has 1 heterocycles. The number of hydrogen-bond acceptors (Lipinski definition) is 2. The number of anilines is 3. The third-order valence-corrected chi connectivity index (χ3v) is 11.5. The maximum atomic E-state index is 2.44. The first-order chi connectivity index (χ1) is 23.1. The van der Waals surface area contributed by atoms with Gasteiger partial charge in [0.15, 0.2) is 0 Å². The van der Waals surface area contributed by atoms with Crippen molar-refractivity contribution in [2.75, 3.05) is 4.90 Å².